The van der Waals surface area contributed by atoms with Gasteiger partial charge in [-0.25, -0.2) is 10.8 Å². The number of nitrogens with two attached hydrogens (primary N) is 1. The number of carbonyl (C=O) groups is 1. The van der Waals surface area contributed by atoms with Gasteiger partial charge in [-0.15, -0.1) is 0 Å². The number of amides is 1. The summed E-state index contributed by atoms with van der Waals surface area (Å²) in [6, 6.07) is 7.91. The number of hydrogen-bond donors (Lipinski definition) is 3. The molecule has 19 heavy (non-hydrogen) atoms. The number of pyridine rings is 1. The molecule has 0 atom stereocenters. The van der Waals surface area contributed by atoms with E-state index in [0.717, 1.165) is 0 Å². The van der Waals surface area contributed by atoms with Crippen LogP contribution < -0.4 is 16.6 Å². The van der Waals surface area contributed by atoms with Crippen molar-refractivity contribution in [1.82, 2.24) is 4.98 Å². The maximum atomic E-state index is 12.0. The molecule has 1 heterocycles. The van der Waals surface area contributed by atoms with Gasteiger partial charge in [0.15, 0.2) is 0 Å². The summed E-state index contributed by atoms with van der Waals surface area (Å²) in [5.74, 6) is 5.30. The van der Waals surface area contributed by atoms with Gasteiger partial charge >= 0.3 is 0 Å². The maximum Gasteiger partial charge on any atom is 0.255 e. The van der Waals surface area contributed by atoms with Gasteiger partial charge < -0.3 is 10.7 Å². The number of aromatic nitrogens is 1. The number of halogens is 2. The van der Waals surface area contributed by atoms with Gasteiger partial charge in [0.2, 0.25) is 0 Å². The largest absolute Gasteiger partial charge is 0.321 e. The van der Waals surface area contributed by atoms with E-state index in [0.29, 0.717) is 27.1 Å². The number of anilines is 2. The number of benzene rings is 1. The molecule has 2 rings (SSSR count). The molecule has 0 fully saturated rings. The molecule has 1 aromatic heterocycles. The Hall–Kier alpha value is -1.82. The van der Waals surface area contributed by atoms with Crippen LogP contribution in [0.15, 0.2) is 36.5 Å². The van der Waals surface area contributed by atoms with Gasteiger partial charge in [0.1, 0.15) is 5.82 Å². The Morgan fingerprint density at radius 1 is 1.21 bits per heavy atom. The van der Waals surface area contributed by atoms with E-state index in [-0.39, 0.29) is 5.91 Å². The highest BCUT2D eigenvalue weighted by molar-refractivity contribution is 6.35. The van der Waals surface area contributed by atoms with Gasteiger partial charge in [-0.2, -0.15) is 0 Å². The first-order valence-corrected chi connectivity index (χ1v) is 6.05. The average Bonchev–Trinajstić information content (AvgIpc) is 2.43. The monoisotopic (exact) mass is 296 g/mol. The molecule has 0 radical (unpaired) electrons. The summed E-state index contributed by atoms with van der Waals surface area (Å²) in [5, 5.41) is 3.56. The molecule has 0 aliphatic rings. The second kappa shape index (κ2) is 5.88. The van der Waals surface area contributed by atoms with E-state index >= 15 is 0 Å². The quantitative estimate of drug-likeness (QED) is 0.601. The van der Waals surface area contributed by atoms with Crippen molar-refractivity contribution in [1.29, 1.82) is 0 Å². The number of hydrazine groups is 1. The van der Waals surface area contributed by atoms with Crippen LogP contribution in [0.1, 0.15) is 10.4 Å². The first-order valence-electron chi connectivity index (χ1n) is 5.29. The molecule has 1 aromatic carbocycles. The van der Waals surface area contributed by atoms with Crippen molar-refractivity contribution in [3.8, 4) is 0 Å². The first-order chi connectivity index (χ1) is 9.10. The van der Waals surface area contributed by atoms with Crippen LogP contribution in [-0.2, 0) is 0 Å². The second-order valence-corrected chi connectivity index (χ2v) is 4.50. The third-order valence-electron chi connectivity index (χ3n) is 2.35. The molecule has 1 amide bonds. The number of nitrogens with one attached hydrogen (secondary N) is 2. The lowest BCUT2D eigenvalue weighted by Crippen LogP contribution is -2.14. The highest BCUT2D eigenvalue weighted by Crippen LogP contribution is 2.25. The van der Waals surface area contributed by atoms with E-state index in [1.807, 2.05) is 0 Å². The molecule has 4 N–H and O–H groups in total. The Morgan fingerprint density at radius 3 is 2.74 bits per heavy atom. The van der Waals surface area contributed by atoms with Gasteiger partial charge in [-0.05, 0) is 30.3 Å². The Bertz CT molecular complexity index is 618. The summed E-state index contributed by atoms with van der Waals surface area (Å²) in [7, 11) is 0. The van der Waals surface area contributed by atoms with Gasteiger partial charge in [0, 0.05) is 16.8 Å². The van der Waals surface area contributed by atoms with Crippen LogP contribution in [0.2, 0.25) is 10.0 Å². The van der Waals surface area contributed by atoms with E-state index in [2.05, 4.69) is 15.7 Å². The minimum absolute atomic E-state index is 0.330. The molecule has 0 unspecified atom stereocenters. The lowest BCUT2D eigenvalue weighted by molar-refractivity contribution is 0.102. The van der Waals surface area contributed by atoms with Crippen molar-refractivity contribution in [3.63, 3.8) is 0 Å². The van der Waals surface area contributed by atoms with E-state index in [9.17, 15) is 4.79 Å². The lowest BCUT2D eigenvalue weighted by atomic mass is 10.2. The molecule has 98 valence electrons. The molecule has 0 spiro atoms. The van der Waals surface area contributed by atoms with Gasteiger partial charge in [-0.1, -0.05) is 23.2 Å². The summed E-state index contributed by atoms with van der Waals surface area (Å²) in [5.41, 5.74) is 3.21. The van der Waals surface area contributed by atoms with E-state index in [1.54, 1.807) is 24.3 Å². The zero-order chi connectivity index (χ0) is 13.8. The first kappa shape index (κ1) is 13.6. The molecule has 0 aliphatic carbocycles. The van der Waals surface area contributed by atoms with Crippen LogP contribution in [0.3, 0.4) is 0 Å². The zero-order valence-electron chi connectivity index (χ0n) is 9.65. The molecule has 7 heteroatoms. The topological polar surface area (TPSA) is 80.0 Å². The van der Waals surface area contributed by atoms with E-state index in [1.165, 1.54) is 12.3 Å². The number of hydrogen-bond acceptors (Lipinski definition) is 4. The fourth-order valence-electron chi connectivity index (χ4n) is 1.44. The summed E-state index contributed by atoms with van der Waals surface area (Å²) in [6.45, 7) is 0. The molecular formula is C12H10Cl2N4O. The number of nitrogen functional groups attached to an aromatic ring is 1. The number of nitrogens with zero attached hydrogens (tertiary/aromatic N) is 1. The normalized spacial score (nSPS) is 10.1. The zero-order valence-corrected chi connectivity index (χ0v) is 11.2. The maximum absolute atomic E-state index is 12.0. The van der Waals surface area contributed by atoms with Crippen molar-refractivity contribution in [3.05, 3.63) is 52.1 Å². The van der Waals surface area contributed by atoms with Crippen LogP contribution in [0, 0.1) is 0 Å². The van der Waals surface area contributed by atoms with Crippen molar-refractivity contribution < 1.29 is 4.79 Å². The molecule has 0 saturated carbocycles. The fraction of sp³-hybridized carbons (Fsp3) is 0. The standard InChI is InChI=1S/C12H10Cl2N4O/c13-8-1-2-9(14)10(6-8)17-12(19)7-3-4-16-11(5-7)18-15/h1-6H,15H2,(H,16,18)(H,17,19). The number of carbonyl (C=O) groups excluding carboxylic acids is 1. The predicted octanol–water partition coefficient (Wildman–Crippen LogP) is 2.93. The minimum atomic E-state index is -0.330. The van der Waals surface area contributed by atoms with E-state index in [4.69, 9.17) is 29.0 Å². The van der Waals surface area contributed by atoms with Crippen molar-refractivity contribution >= 4 is 40.6 Å². The SMILES string of the molecule is NNc1cc(C(=O)Nc2cc(Cl)ccc2Cl)ccn1. The highest BCUT2D eigenvalue weighted by atomic mass is 35.5. The summed E-state index contributed by atoms with van der Waals surface area (Å²) >= 11 is 11.8. The Morgan fingerprint density at radius 2 is 2.00 bits per heavy atom. The van der Waals surface area contributed by atoms with E-state index < -0.39 is 0 Å². The summed E-state index contributed by atoms with van der Waals surface area (Å²) < 4.78 is 0. The molecule has 5 nitrogen and oxygen atoms in total. The van der Waals surface area contributed by atoms with Crippen molar-refractivity contribution in [2.75, 3.05) is 10.7 Å². The van der Waals surface area contributed by atoms with Crippen LogP contribution in [0.25, 0.3) is 0 Å². The van der Waals surface area contributed by atoms with Crippen LogP contribution in [0.4, 0.5) is 11.5 Å². The van der Waals surface area contributed by atoms with Crippen LogP contribution in [0.5, 0.6) is 0 Å². The Labute approximate surface area is 119 Å². The fourth-order valence-corrected chi connectivity index (χ4v) is 1.78. The number of rotatable bonds is 3. The molecule has 0 aliphatic heterocycles. The Balaban J connectivity index is 2.22. The van der Waals surface area contributed by atoms with Crippen LogP contribution >= 0.6 is 23.2 Å². The van der Waals surface area contributed by atoms with Crippen molar-refractivity contribution in [2.45, 2.75) is 0 Å². The molecule has 2 aromatic rings. The van der Waals surface area contributed by atoms with Gasteiger partial charge in [0.05, 0.1) is 10.7 Å². The average molecular weight is 297 g/mol. The Kier molecular flexibility index (Phi) is 4.21. The third-order valence-corrected chi connectivity index (χ3v) is 2.91. The lowest BCUT2D eigenvalue weighted by Gasteiger charge is -2.08. The highest BCUT2D eigenvalue weighted by Gasteiger charge is 2.09. The second-order valence-electron chi connectivity index (χ2n) is 3.65. The molecule has 0 bridgehead atoms. The smallest absolute Gasteiger partial charge is 0.255 e. The van der Waals surface area contributed by atoms with Crippen molar-refractivity contribution in [2.24, 2.45) is 5.84 Å². The predicted molar refractivity (Wildman–Crippen MR) is 76.5 cm³/mol. The third kappa shape index (κ3) is 3.35. The van der Waals surface area contributed by atoms with Crippen LogP contribution in [-0.4, -0.2) is 10.9 Å². The minimum Gasteiger partial charge on any atom is -0.321 e. The molecule has 0 saturated heterocycles. The van der Waals surface area contributed by atoms with Gasteiger partial charge in [-0.3, -0.25) is 4.79 Å². The molecular weight excluding hydrogens is 287 g/mol. The summed E-state index contributed by atoms with van der Waals surface area (Å²) in [4.78, 5) is 16.0. The van der Waals surface area contributed by atoms with Gasteiger partial charge in [0.25, 0.3) is 5.91 Å². The summed E-state index contributed by atoms with van der Waals surface area (Å²) in [6.07, 6.45) is 1.48.